The van der Waals surface area contributed by atoms with Crippen LogP contribution in [0.2, 0.25) is 5.02 Å². The minimum absolute atomic E-state index is 0.471. The summed E-state index contributed by atoms with van der Waals surface area (Å²) >= 11 is 15.2. The summed E-state index contributed by atoms with van der Waals surface area (Å²) in [5.41, 5.74) is 1.13. The Morgan fingerprint density at radius 2 is 2.19 bits per heavy atom. The molecule has 4 heteroatoms. The first-order valence-electron chi connectivity index (χ1n) is 5.36. The molecule has 1 atom stereocenters. The van der Waals surface area contributed by atoms with E-state index < -0.39 is 0 Å². The summed E-state index contributed by atoms with van der Waals surface area (Å²) in [5.74, 6) is 0.727. The number of halogens is 3. The van der Waals surface area contributed by atoms with Gasteiger partial charge in [0, 0.05) is 28.0 Å². The third-order valence-electron chi connectivity index (χ3n) is 2.43. The molecular weight excluding hydrogens is 309 g/mol. The summed E-state index contributed by atoms with van der Waals surface area (Å²) in [6, 6.07) is 6.43. The Morgan fingerprint density at radius 1 is 1.44 bits per heavy atom. The lowest BCUT2D eigenvalue weighted by Crippen LogP contribution is -2.25. The van der Waals surface area contributed by atoms with Gasteiger partial charge in [0.2, 0.25) is 0 Å². The topological polar surface area (TPSA) is 12.0 Å². The van der Waals surface area contributed by atoms with E-state index in [1.165, 1.54) is 0 Å². The lowest BCUT2D eigenvalue weighted by molar-refractivity contribution is 0.509. The average molecular weight is 325 g/mol. The monoisotopic (exact) mass is 323 g/mol. The minimum Gasteiger partial charge on any atom is -0.310 e. The predicted octanol–water partition coefficient (Wildman–Crippen LogP) is 4.60. The van der Waals surface area contributed by atoms with E-state index in [2.05, 4.69) is 28.2 Å². The van der Waals surface area contributed by atoms with Gasteiger partial charge in [0.05, 0.1) is 0 Å². The van der Waals surface area contributed by atoms with Crippen LogP contribution in [0.3, 0.4) is 0 Å². The van der Waals surface area contributed by atoms with E-state index in [1.54, 1.807) is 0 Å². The summed E-state index contributed by atoms with van der Waals surface area (Å²) in [7, 11) is 0. The number of hydrogen-bond acceptors (Lipinski definition) is 1. The molecule has 0 aliphatic rings. The second-order valence-corrected chi connectivity index (χ2v) is 5.55. The zero-order valence-electron chi connectivity index (χ0n) is 9.27. The van der Waals surface area contributed by atoms with Crippen molar-refractivity contribution in [1.82, 2.24) is 5.32 Å². The Bertz CT molecular complexity index is 331. The number of benzene rings is 1. The third kappa shape index (κ3) is 5.05. The smallest absolute Gasteiger partial charge is 0.0462 e. The molecular formula is C12H16BrCl2N. The normalized spacial score (nSPS) is 12.8. The molecule has 0 bridgehead atoms. The number of rotatable bonds is 6. The van der Waals surface area contributed by atoms with Crippen molar-refractivity contribution in [3.05, 3.63) is 33.3 Å². The van der Waals surface area contributed by atoms with Gasteiger partial charge in [-0.25, -0.2) is 0 Å². The second-order valence-electron chi connectivity index (χ2n) is 3.85. The molecule has 1 unspecified atom stereocenters. The highest BCUT2D eigenvalue weighted by Crippen LogP contribution is 2.21. The highest BCUT2D eigenvalue weighted by molar-refractivity contribution is 9.10. The quantitative estimate of drug-likeness (QED) is 0.754. The first-order chi connectivity index (χ1) is 7.63. The van der Waals surface area contributed by atoms with Crippen LogP contribution in [0.4, 0.5) is 0 Å². The fourth-order valence-electron chi connectivity index (χ4n) is 1.43. The van der Waals surface area contributed by atoms with Crippen LogP contribution in [0.1, 0.15) is 25.3 Å². The first kappa shape index (κ1) is 14.3. The molecule has 0 saturated heterocycles. The van der Waals surface area contributed by atoms with E-state index in [9.17, 15) is 0 Å². The van der Waals surface area contributed by atoms with Crippen LogP contribution in [0.25, 0.3) is 0 Å². The van der Waals surface area contributed by atoms with Crippen LogP contribution in [0.5, 0.6) is 0 Å². The molecule has 0 aliphatic heterocycles. The summed E-state index contributed by atoms with van der Waals surface area (Å²) in [4.78, 5) is 0. The Morgan fingerprint density at radius 3 is 2.81 bits per heavy atom. The van der Waals surface area contributed by atoms with Gasteiger partial charge in [-0.15, -0.1) is 11.6 Å². The molecule has 1 aromatic rings. The van der Waals surface area contributed by atoms with Gasteiger partial charge in [-0.05, 0) is 37.5 Å². The molecule has 1 aromatic carbocycles. The van der Waals surface area contributed by atoms with E-state index >= 15 is 0 Å². The van der Waals surface area contributed by atoms with Crippen molar-refractivity contribution in [2.24, 2.45) is 0 Å². The zero-order valence-corrected chi connectivity index (χ0v) is 12.4. The van der Waals surface area contributed by atoms with Gasteiger partial charge in [-0.2, -0.15) is 0 Å². The van der Waals surface area contributed by atoms with Crippen molar-refractivity contribution < 1.29 is 0 Å². The third-order valence-corrected chi connectivity index (χ3v) is 3.54. The van der Waals surface area contributed by atoms with Crippen molar-refractivity contribution in [2.75, 3.05) is 5.88 Å². The fraction of sp³-hybridized carbons (Fsp3) is 0.500. The van der Waals surface area contributed by atoms with E-state index in [0.717, 1.165) is 40.3 Å². The highest BCUT2D eigenvalue weighted by atomic mass is 79.9. The molecule has 16 heavy (non-hydrogen) atoms. The van der Waals surface area contributed by atoms with E-state index in [-0.39, 0.29) is 0 Å². The van der Waals surface area contributed by atoms with Crippen molar-refractivity contribution in [2.45, 2.75) is 32.4 Å². The SMILES string of the molecule is CC(CCCCl)NCc1ccc(Br)cc1Cl. The molecule has 1 nitrogen and oxygen atoms in total. The molecule has 0 aromatic heterocycles. The van der Waals surface area contributed by atoms with E-state index in [0.29, 0.717) is 6.04 Å². The van der Waals surface area contributed by atoms with Gasteiger partial charge in [0.15, 0.2) is 0 Å². The van der Waals surface area contributed by atoms with E-state index in [1.807, 2.05) is 18.2 Å². The molecule has 1 N–H and O–H groups in total. The van der Waals surface area contributed by atoms with Crippen molar-refractivity contribution >= 4 is 39.1 Å². The maximum Gasteiger partial charge on any atom is 0.0462 e. The number of nitrogens with one attached hydrogen (secondary N) is 1. The van der Waals surface area contributed by atoms with Gasteiger partial charge in [0.1, 0.15) is 0 Å². The Kier molecular flexibility index (Phi) is 6.74. The van der Waals surface area contributed by atoms with Crippen LogP contribution in [0, 0.1) is 0 Å². The lowest BCUT2D eigenvalue weighted by atomic mass is 10.1. The number of hydrogen-bond donors (Lipinski definition) is 1. The van der Waals surface area contributed by atoms with Crippen LogP contribution >= 0.6 is 39.1 Å². The molecule has 0 amide bonds. The second kappa shape index (κ2) is 7.54. The minimum atomic E-state index is 0.471. The van der Waals surface area contributed by atoms with E-state index in [4.69, 9.17) is 23.2 Å². The molecule has 0 radical (unpaired) electrons. The average Bonchev–Trinajstić information content (AvgIpc) is 2.25. The van der Waals surface area contributed by atoms with Gasteiger partial charge in [0.25, 0.3) is 0 Å². The van der Waals surface area contributed by atoms with Crippen LogP contribution in [0.15, 0.2) is 22.7 Å². The molecule has 0 fully saturated rings. The molecule has 1 rings (SSSR count). The molecule has 0 saturated carbocycles. The standard InChI is InChI=1S/C12H16BrCl2N/c1-9(3-2-6-14)16-8-10-4-5-11(13)7-12(10)15/h4-5,7,9,16H,2-3,6,8H2,1H3. The van der Waals surface area contributed by atoms with Gasteiger partial charge >= 0.3 is 0 Å². The van der Waals surface area contributed by atoms with Gasteiger partial charge < -0.3 is 5.32 Å². The molecule has 0 aliphatic carbocycles. The van der Waals surface area contributed by atoms with Crippen LogP contribution in [-0.4, -0.2) is 11.9 Å². The summed E-state index contributed by atoms with van der Waals surface area (Å²) in [5, 5.41) is 4.23. The van der Waals surface area contributed by atoms with Crippen molar-refractivity contribution in [1.29, 1.82) is 0 Å². The zero-order chi connectivity index (χ0) is 12.0. The Hall–Kier alpha value is 0.240. The molecule has 90 valence electrons. The predicted molar refractivity (Wildman–Crippen MR) is 75.4 cm³/mol. The lowest BCUT2D eigenvalue weighted by Gasteiger charge is -2.13. The molecule has 0 heterocycles. The van der Waals surface area contributed by atoms with Gasteiger partial charge in [-0.3, -0.25) is 0 Å². The Labute approximate surface area is 116 Å². The summed E-state index contributed by atoms with van der Waals surface area (Å²) < 4.78 is 1.01. The highest BCUT2D eigenvalue weighted by Gasteiger charge is 2.04. The number of alkyl halides is 1. The molecule has 0 spiro atoms. The maximum absolute atomic E-state index is 6.13. The Balaban J connectivity index is 2.42. The maximum atomic E-state index is 6.13. The first-order valence-corrected chi connectivity index (χ1v) is 7.07. The summed E-state index contributed by atoms with van der Waals surface area (Å²) in [6.45, 7) is 2.97. The van der Waals surface area contributed by atoms with Crippen LogP contribution in [-0.2, 0) is 6.54 Å². The van der Waals surface area contributed by atoms with Crippen molar-refractivity contribution in [3.63, 3.8) is 0 Å². The fourth-order valence-corrected chi connectivity index (χ4v) is 2.33. The van der Waals surface area contributed by atoms with Crippen LogP contribution < -0.4 is 5.32 Å². The van der Waals surface area contributed by atoms with Gasteiger partial charge in [-0.1, -0.05) is 33.6 Å². The van der Waals surface area contributed by atoms with Crippen molar-refractivity contribution in [3.8, 4) is 0 Å². The largest absolute Gasteiger partial charge is 0.310 e. The summed E-state index contributed by atoms with van der Waals surface area (Å²) in [6.07, 6.45) is 2.14.